The summed E-state index contributed by atoms with van der Waals surface area (Å²) in [5.41, 5.74) is 3.33. The molecule has 0 fully saturated rings. The normalized spacial score (nSPS) is 12.8. The second-order valence-corrected chi connectivity index (χ2v) is 8.43. The van der Waals surface area contributed by atoms with Gasteiger partial charge in [0.25, 0.3) is 5.91 Å². The van der Waals surface area contributed by atoms with Crippen molar-refractivity contribution >= 4 is 17.5 Å². The molecule has 6 nitrogen and oxygen atoms in total. The van der Waals surface area contributed by atoms with Crippen LogP contribution in [0.2, 0.25) is 5.02 Å². The third-order valence-electron chi connectivity index (χ3n) is 4.75. The molecule has 0 saturated carbocycles. The molecule has 28 heavy (non-hydrogen) atoms. The lowest BCUT2D eigenvalue weighted by Gasteiger charge is -2.20. The average Bonchev–Trinajstić information content (AvgIpc) is 3.20. The molecule has 0 aliphatic rings. The van der Waals surface area contributed by atoms with Gasteiger partial charge in [0.1, 0.15) is 5.76 Å². The van der Waals surface area contributed by atoms with Crippen LogP contribution in [0.5, 0.6) is 0 Å². The standard InChI is InChI=1S/C21H25ClN4O2/c1-13(15-6-8-16(9-7-15)21(3,4)5)24-20(27)19-18(14(2)28-25-19)12-26-11-17(22)10-23-26/h6-11,13H,12H2,1-5H3,(H,24,27). The smallest absolute Gasteiger partial charge is 0.274 e. The molecule has 1 atom stereocenters. The summed E-state index contributed by atoms with van der Waals surface area (Å²) in [4.78, 5) is 12.8. The topological polar surface area (TPSA) is 73.0 Å². The Labute approximate surface area is 169 Å². The van der Waals surface area contributed by atoms with Gasteiger partial charge in [0.05, 0.1) is 23.8 Å². The van der Waals surface area contributed by atoms with Crippen LogP contribution in [-0.4, -0.2) is 20.8 Å². The summed E-state index contributed by atoms with van der Waals surface area (Å²) in [6, 6.07) is 8.14. The molecular weight excluding hydrogens is 376 g/mol. The number of nitrogens with one attached hydrogen (secondary N) is 1. The minimum Gasteiger partial charge on any atom is -0.361 e. The van der Waals surface area contributed by atoms with Crippen LogP contribution >= 0.6 is 11.6 Å². The zero-order valence-corrected chi connectivity index (χ0v) is 17.5. The Hall–Kier alpha value is -2.60. The van der Waals surface area contributed by atoms with E-state index in [1.807, 2.05) is 19.1 Å². The average molecular weight is 401 g/mol. The zero-order chi connectivity index (χ0) is 20.5. The number of rotatable bonds is 5. The molecule has 0 bridgehead atoms. The number of aromatic nitrogens is 3. The number of carbonyl (C=O) groups is 1. The van der Waals surface area contributed by atoms with Crippen molar-refractivity contribution in [3.63, 3.8) is 0 Å². The molecule has 2 aromatic heterocycles. The highest BCUT2D eigenvalue weighted by molar-refractivity contribution is 6.30. The summed E-state index contributed by atoms with van der Waals surface area (Å²) in [5, 5.41) is 11.6. The molecule has 1 unspecified atom stereocenters. The minimum atomic E-state index is -0.280. The summed E-state index contributed by atoms with van der Waals surface area (Å²) in [7, 11) is 0. The van der Waals surface area contributed by atoms with Crippen LogP contribution < -0.4 is 5.32 Å². The van der Waals surface area contributed by atoms with Gasteiger partial charge in [0, 0.05) is 11.8 Å². The Bertz CT molecular complexity index is 967. The summed E-state index contributed by atoms with van der Waals surface area (Å²) < 4.78 is 6.90. The Morgan fingerprint density at radius 3 is 2.54 bits per heavy atom. The molecule has 7 heteroatoms. The Morgan fingerprint density at radius 2 is 1.96 bits per heavy atom. The lowest BCUT2D eigenvalue weighted by Crippen LogP contribution is -2.28. The fraction of sp³-hybridized carbons (Fsp3) is 0.381. The van der Waals surface area contributed by atoms with Crippen LogP contribution in [0.1, 0.15) is 66.7 Å². The van der Waals surface area contributed by atoms with Gasteiger partial charge in [-0.1, -0.05) is 61.8 Å². The van der Waals surface area contributed by atoms with E-state index >= 15 is 0 Å². The van der Waals surface area contributed by atoms with Crippen LogP contribution in [0.15, 0.2) is 41.2 Å². The van der Waals surface area contributed by atoms with Crippen molar-refractivity contribution < 1.29 is 9.32 Å². The predicted octanol–water partition coefficient (Wildman–Crippen LogP) is 4.67. The maximum absolute atomic E-state index is 12.8. The number of aryl methyl sites for hydroxylation is 1. The zero-order valence-electron chi connectivity index (χ0n) is 16.8. The van der Waals surface area contributed by atoms with E-state index in [9.17, 15) is 4.79 Å². The second-order valence-electron chi connectivity index (χ2n) is 7.99. The summed E-state index contributed by atoms with van der Waals surface area (Å²) in [6.07, 6.45) is 3.24. The lowest BCUT2D eigenvalue weighted by molar-refractivity contribution is 0.0929. The lowest BCUT2D eigenvalue weighted by atomic mass is 9.86. The third-order valence-corrected chi connectivity index (χ3v) is 4.94. The first-order valence-electron chi connectivity index (χ1n) is 9.19. The first-order chi connectivity index (χ1) is 13.1. The number of carbonyl (C=O) groups excluding carboxylic acids is 1. The van der Waals surface area contributed by atoms with Crippen molar-refractivity contribution in [1.82, 2.24) is 20.3 Å². The largest absolute Gasteiger partial charge is 0.361 e. The number of hydrogen-bond donors (Lipinski definition) is 1. The van der Waals surface area contributed by atoms with E-state index in [-0.39, 0.29) is 23.1 Å². The molecule has 1 amide bonds. The van der Waals surface area contributed by atoms with Crippen LogP contribution in [-0.2, 0) is 12.0 Å². The number of benzene rings is 1. The van der Waals surface area contributed by atoms with Crippen LogP contribution in [0.3, 0.4) is 0 Å². The van der Waals surface area contributed by atoms with Crippen molar-refractivity contribution in [2.24, 2.45) is 0 Å². The third kappa shape index (κ3) is 4.44. The number of halogens is 1. The van der Waals surface area contributed by atoms with E-state index in [1.165, 1.54) is 5.56 Å². The first-order valence-corrected chi connectivity index (χ1v) is 9.57. The van der Waals surface area contributed by atoms with E-state index in [0.717, 1.165) is 5.56 Å². The van der Waals surface area contributed by atoms with Gasteiger partial charge in [-0.3, -0.25) is 9.48 Å². The first kappa shape index (κ1) is 20.1. The Balaban J connectivity index is 1.74. The van der Waals surface area contributed by atoms with Crippen LogP contribution in [0.4, 0.5) is 0 Å². The minimum absolute atomic E-state index is 0.0908. The van der Waals surface area contributed by atoms with Crippen molar-refractivity contribution in [2.75, 3.05) is 0 Å². The highest BCUT2D eigenvalue weighted by Crippen LogP contribution is 2.24. The Kier molecular flexibility index (Phi) is 5.61. The van der Waals surface area contributed by atoms with E-state index in [4.69, 9.17) is 16.1 Å². The number of hydrogen-bond acceptors (Lipinski definition) is 4. The van der Waals surface area contributed by atoms with E-state index in [0.29, 0.717) is 22.9 Å². The van der Waals surface area contributed by atoms with E-state index < -0.39 is 0 Å². The van der Waals surface area contributed by atoms with Gasteiger partial charge in [0.2, 0.25) is 0 Å². The van der Waals surface area contributed by atoms with E-state index in [1.54, 1.807) is 24.0 Å². The van der Waals surface area contributed by atoms with Crippen molar-refractivity contribution in [3.8, 4) is 0 Å². The fourth-order valence-corrected chi connectivity index (χ4v) is 3.12. The molecule has 148 valence electrons. The highest BCUT2D eigenvalue weighted by Gasteiger charge is 2.22. The monoisotopic (exact) mass is 400 g/mol. The summed E-state index contributed by atoms with van der Waals surface area (Å²) in [5.74, 6) is 0.302. The fourth-order valence-electron chi connectivity index (χ4n) is 2.96. The van der Waals surface area contributed by atoms with Crippen molar-refractivity contribution in [2.45, 2.75) is 52.6 Å². The molecule has 1 aromatic carbocycles. The molecule has 3 aromatic rings. The summed E-state index contributed by atoms with van der Waals surface area (Å²) in [6.45, 7) is 10.6. The van der Waals surface area contributed by atoms with Gasteiger partial charge in [0.15, 0.2) is 5.69 Å². The molecule has 0 saturated heterocycles. The maximum Gasteiger partial charge on any atom is 0.274 e. The quantitative estimate of drug-likeness (QED) is 0.675. The number of amides is 1. The SMILES string of the molecule is Cc1onc(C(=O)NC(C)c2ccc(C(C)(C)C)cc2)c1Cn1cc(Cl)cn1. The predicted molar refractivity (Wildman–Crippen MR) is 109 cm³/mol. The number of nitrogens with zero attached hydrogens (tertiary/aromatic N) is 3. The highest BCUT2D eigenvalue weighted by atomic mass is 35.5. The molecular formula is C21H25ClN4O2. The molecule has 3 rings (SSSR count). The molecule has 1 N–H and O–H groups in total. The van der Waals surface area contributed by atoms with E-state index in [2.05, 4.69) is 48.5 Å². The van der Waals surface area contributed by atoms with Gasteiger partial charge in [-0.25, -0.2) is 0 Å². The molecule has 2 heterocycles. The van der Waals surface area contributed by atoms with Gasteiger partial charge >= 0.3 is 0 Å². The van der Waals surface area contributed by atoms with Gasteiger partial charge < -0.3 is 9.84 Å². The summed E-state index contributed by atoms with van der Waals surface area (Å²) >= 11 is 5.92. The Morgan fingerprint density at radius 1 is 1.29 bits per heavy atom. The second kappa shape index (κ2) is 7.80. The maximum atomic E-state index is 12.8. The van der Waals surface area contributed by atoms with Gasteiger partial charge in [-0.05, 0) is 30.4 Å². The van der Waals surface area contributed by atoms with Crippen molar-refractivity contribution in [3.05, 3.63) is 69.8 Å². The van der Waals surface area contributed by atoms with Crippen molar-refractivity contribution in [1.29, 1.82) is 0 Å². The molecule has 0 radical (unpaired) electrons. The van der Waals surface area contributed by atoms with Gasteiger partial charge in [-0.15, -0.1) is 0 Å². The van der Waals surface area contributed by atoms with Crippen LogP contribution in [0, 0.1) is 6.92 Å². The van der Waals surface area contributed by atoms with Gasteiger partial charge in [-0.2, -0.15) is 5.10 Å². The molecule has 0 aliphatic carbocycles. The van der Waals surface area contributed by atoms with Crippen LogP contribution in [0.25, 0.3) is 0 Å². The molecule has 0 spiro atoms. The molecule has 0 aliphatic heterocycles.